The third-order valence-corrected chi connectivity index (χ3v) is 6.20. The lowest BCUT2D eigenvalue weighted by molar-refractivity contribution is 0.128. The molecule has 1 heterocycles. The summed E-state index contributed by atoms with van der Waals surface area (Å²) in [6.45, 7) is 7.50. The molecule has 0 amide bonds. The highest BCUT2D eigenvalue weighted by Gasteiger charge is 2.22. The van der Waals surface area contributed by atoms with Crippen LogP contribution >= 0.6 is 11.6 Å². The minimum Gasteiger partial charge on any atom is -0.512 e. The lowest BCUT2D eigenvalue weighted by Gasteiger charge is -2.25. The van der Waals surface area contributed by atoms with E-state index in [-0.39, 0.29) is 0 Å². The van der Waals surface area contributed by atoms with Crippen molar-refractivity contribution in [3.8, 4) is 0 Å². The lowest BCUT2D eigenvalue weighted by atomic mass is 9.81. The fourth-order valence-corrected chi connectivity index (χ4v) is 4.54. The van der Waals surface area contributed by atoms with Crippen LogP contribution in [0.5, 0.6) is 0 Å². The minimum atomic E-state index is 0.337. The number of rotatable bonds is 4. The zero-order chi connectivity index (χ0) is 20.6. The number of hydrogen-bond donors (Lipinski definition) is 2. The van der Waals surface area contributed by atoms with Crippen molar-refractivity contribution in [2.45, 2.75) is 58.3 Å². The molecule has 1 atom stereocenters. The van der Waals surface area contributed by atoms with Crippen molar-refractivity contribution in [2.24, 2.45) is 0 Å². The highest BCUT2D eigenvalue weighted by atomic mass is 35.5. The third-order valence-electron chi connectivity index (χ3n) is 5.92. The zero-order valence-corrected chi connectivity index (χ0v) is 18.5. The standard InChI is InChI=1S/C25H34ClNO2/c1-3-18-10-13-22(19-8-11-20(26)12-9-19)21(4-2)25(18)23-17-27-14-6-16-29-15-5-7-24(23)28/h8,10-13,19,27-28H,3-7,9,14-17H2,1-2H3/b24-23-. The van der Waals surface area contributed by atoms with Crippen molar-refractivity contribution in [1.29, 1.82) is 0 Å². The number of allylic oxidation sites excluding steroid dienone is 5. The Morgan fingerprint density at radius 1 is 1.17 bits per heavy atom. The Morgan fingerprint density at radius 3 is 2.72 bits per heavy atom. The van der Waals surface area contributed by atoms with Gasteiger partial charge in [-0.1, -0.05) is 49.7 Å². The molecule has 1 aliphatic heterocycles. The van der Waals surface area contributed by atoms with Gasteiger partial charge < -0.3 is 15.2 Å². The predicted octanol–water partition coefficient (Wildman–Crippen LogP) is 6.04. The van der Waals surface area contributed by atoms with Gasteiger partial charge in [0.15, 0.2) is 0 Å². The van der Waals surface area contributed by atoms with E-state index >= 15 is 0 Å². The van der Waals surface area contributed by atoms with E-state index in [4.69, 9.17) is 16.3 Å². The summed E-state index contributed by atoms with van der Waals surface area (Å²) in [7, 11) is 0. The summed E-state index contributed by atoms with van der Waals surface area (Å²) in [6, 6.07) is 4.54. The van der Waals surface area contributed by atoms with E-state index in [1.54, 1.807) is 0 Å². The molecule has 4 heteroatoms. The monoisotopic (exact) mass is 415 g/mol. The van der Waals surface area contributed by atoms with Crippen molar-refractivity contribution in [1.82, 2.24) is 5.32 Å². The number of aliphatic hydroxyl groups is 1. The SMILES string of the molecule is CCc1ccc(C2C=CC(Cl)=CC2)c(CC)c1/C1=C(\O)CCCOCCCNC1. The predicted molar refractivity (Wildman–Crippen MR) is 123 cm³/mol. The number of aliphatic hydroxyl groups excluding tert-OH is 1. The van der Waals surface area contributed by atoms with Crippen LogP contribution in [0.1, 0.15) is 67.7 Å². The summed E-state index contributed by atoms with van der Waals surface area (Å²) in [4.78, 5) is 0. The quantitative estimate of drug-likeness (QED) is 0.630. The second kappa shape index (κ2) is 11.0. The van der Waals surface area contributed by atoms with Crippen molar-refractivity contribution in [3.63, 3.8) is 0 Å². The first-order valence-electron chi connectivity index (χ1n) is 11.0. The van der Waals surface area contributed by atoms with Crippen LogP contribution in [-0.4, -0.2) is 31.4 Å². The molecule has 2 N–H and O–H groups in total. The Labute approximate surface area is 180 Å². The van der Waals surface area contributed by atoms with Crippen LogP contribution in [-0.2, 0) is 17.6 Å². The number of aryl methyl sites for hydroxylation is 1. The average Bonchev–Trinajstić information content (AvgIpc) is 2.79. The van der Waals surface area contributed by atoms with Crippen molar-refractivity contribution in [3.05, 3.63) is 63.4 Å². The molecular formula is C25H34ClNO2. The summed E-state index contributed by atoms with van der Waals surface area (Å²) in [5.74, 6) is 0.843. The van der Waals surface area contributed by atoms with Crippen molar-refractivity contribution in [2.75, 3.05) is 26.3 Å². The maximum Gasteiger partial charge on any atom is 0.0974 e. The molecule has 0 aromatic heterocycles. The van der Waals surface area contributed by atoms with Crippen LogP contribution in [0.2, 0.25) is 0 Å². The highest BCUT2D eigenvalue weighted by Crippen LogP contribution is 2.37. The van der Waals surface area contributed by atoms with Gasteiger partial charge in [-0.3, -0.25) is 0 Å². The first-order valence-corrected chi connectivity index (χ1v) is 11.4. The molecule has 0 fully saturated rings. The smallest absolute Gasteiger partial charge is 0.0974 e. The Hall–Kier alpha value is -1.55. The highest BCUT2D eigenvalue weighted by molar-refractivity contribution is 6.31. The van der Waals surface area contributed by atoms with Crippen LogP contribution in [0.4, 0.5) is 0 Å². The van der Waals surface area contributed by atoms with Gasteiger partial charge in [-0.15, -0.1) is 0 Å². The summed E-state index contributed by atoms with van der Waals surface area (Å²) >= 11 is 6.15. The molecule has 0 saturated carbocycles. The van der Waals surface area contributed by atoms with Crippen molar-refractivity contribution >= 4 is 17.2 Å². The van der Waals surface area contributed by atoms with Gasteiger partial charge in [0, 0.05) is 42.7 Å². The molecule has 2 aliphatic rings. The van der Waals surface area contributed by atoms with Gasteiger partial charge in [0.2, 0.25) is 0 Å². The van der Waals surface area contributed by atoms with Gasteiger partial charge in [0.1, 0.15) is 0 Å². The second-order valence-electron chi connectivity index (χ2n) is 7.84. The van der Waals surface area contributed by atoms with Gasteiger partial charge in [-0.2, -0.15) is 0 Å². The van der Waals surface area contributed by atoms with Gasteiger partial charge in [0.25, 0.3) is 0 Å². The van der Waals surface area contributed by atoms with Gasteiger partial charge in [-0.25, -0.2) is 0 Å². The van der Waals surface area contributed by atoms with E-state index < -0.39 is 0 Å². The Kier molecular flexibility index (Phi) is 8.40. The third kappa shape index (κ3) is 5.53. The molecule has 0 bridgehead atoms. The maximum absolute atomic E-state index is 11.1. The van der Waals surface area contributed by atoms with Crippen LogP contribution in [0.25, 0.3) is 5.57 Å². The molecule has 3 rings (SSSR count). The van der Waals surface area contributed by atoms with Crippen LogP contribution in [0.3, 0.4) is 0 Å². The van der Waals surface area contributed by atoms with Crippen LogP contribution in [0.15, 0.2) is 41.2 Å². The summed E-state index contributed by atoms with van der Waals surface area (Å²) in [6.07, 6.45) is 11.7. The summed E-state index contributed by atoms with van der Waals surface area (Å²) in [5.41, 5.74) is 6.35. The Morgan fingerprint density at radius 2 is 2.00 bits per heavy atom. The van der Waals surface area contributed by atoms with Crippen molar-refractivity contribution < 1.29 is 9.84 Å². The number of hydrogen-bond acceptors (Lipinski definition) is 3. The fraction of sp³-hybridized carbons (Fsp3) is 0.520. The molecule has 0 spiro atoms. The molecule has 1 unspecified atom stereocenters. The topological polar surface area (TPSA) is 41.5 Å². The molecular weight excluding hydrogens is 382 g/mol. The number of halogens is 1. The Balaban J connectivity index is 2.06. The maximum atomic E-state index is 11.1. The molecule has 29 heavy (non-hydrogen) atoms. The normalized spacial score (nSPS) is 24.1. The lowest BCUT2D eigenvalue weighted by Crippen LogP contribution is -2.21. The second-order valence-corrected chi connectivity index (χ2v) is 8.27. The molecule has 1 aromatic rings. The number of ether oxygens (including phenoxy) is 1. The zero-order valence-electron chi connectivity index (χ0n) is 17.8. The van der Waals surface area contributed by atoms with Crippen LogP contribution in [0, 0.1) is 0 Å². The number of benzene rings is 1. The van der Waals surface area contributed by atoms with E-state index in [9.17, 15) is 5.11 Å². The molecule has 158 valence electrons. The van der Waals surface area contributed by atoms with Gasteiger partial charge >= 0.3 is 0 Å². The van der Waals surface area contributed by atoms with E-state index in [1.165, 1.54) is 22.3 Å². The molecule has 0 saturated heterocycles. The minimum absolute atomic E-state index is 0.337. The molecule has 1 aromatic carbocycles. The van der Waals surface area contributed by atoms with E-state index in [0.29, 0.717) is 31.2 Å². The first-order chi connectivity index (χ1) is 14.2. The summed E-state index contributed by atoms with van der Waals surface area (Å²) < 4.78 is 5.65. The largest absolute Gasteiger partial charge is 0.512 e. The van der Waals surface area contributed by atoms with E-state index in [1.807, 2.05) is 6.08 Å². The molecule has 0 radical (unpaired) electrons. The number of nitrogens with one attached hydrogen (secondary N) is 1. The molecule has 3 nitrogen and oxygen atoms in total. The molecule has 1 aliphatic carbocycles. The van der Waals surface area contributed by atoms with E-state index in [0.717, 1.165) is 55.9 Å². The Bertz CT molecular complexity index is 794. The average molecular weight is 416 g/mol. The van der Waals surface area contributed by atoms with Gasteiger partial charge in [0.05, 0.1) is 5.76 Å². The van der Waals surface area contributed by atoms with Gasteiger partial charge in [-0.05, 0) is 67.0 Å². The van der Waals surface area contributed by atoms with Crippen LogP contribution < -0.4 is 5.32 Å². The fourth-order valence-electron chi connectivity index (χ4n) is 4.38. The van der Waals surface area contributed by atoms with E-state index in [2.05, 4.69) is 43.4 Å². The first kappa shape index (κ1) is 22.1. The summed E-state index contributed by atoms with van der Waals surface area (Å²) in [5, 5.41) is 15.4.